The van der Waals surface area contributed by atoms with Crippen LogP contribution in [0.2, 0.25) is 5.02 Å². The smallest absolute Gasteiger partial charge is 0.119 e. The summed E-state index contributed by atoms with van der Waals surface area (Å²) in [6.07, 6.45) is -3.85. The second-order valence-corrected chi connectivity index (χ2v) is 8.08. The van der Waals surface area contributed by atoms with Crippen molar-refractivity contribution >= 4 is 11.6 Å². The summed E-state index contributed by atoms with van der Waals surface area (Å²) in [6, 6.07) is 13.2. The molecule has 1 saturated heterocycles. The molecule has 1 aliphatic heterocycles. The Morgan fingerprint density at radius 3 is 2.36 bits per heavy atom. The highest BCUT2D eigenvalue weighted by Crippen LogP contribution is 2.38. The van der Waals surface area contributed by atoms with Crippen LogP contribution >= 0.6 is 11.6 Å². The number of rotatable bonds is 5. The highest BCUT2D eigenvalue weighted by Gasteiger charge is 2.48. The van der Waals surface area contributed by atoms with Gasteiger partial charge in [-0.1, -0.05) is 35.9 Å². The topological polar surface area (TPSA) is 79.2 Å². The SMILES string of the molecule is CCOc1ccc(Cc2cc([C@@H]3OC(C)(C)[C@H](O)[C@H](O)[C@H]3O)ccc2Cl)cc1. The molecule has 5 nitrogen and oxygen atoms in total. The van der Waals surface area contributed by atoms with E-state index in [1.165, 1.54) is 0 Å². The Bertz CT molecular complexity index is 805. The molecular formula is C22H27ClO5. The van der Waals surface area contributed by atoms with Gasteiger partial charge in [-0.25, -0.2) is 0 Å². The normalized spacial score (nSPS) is 26.8. The van der Waals surface area contributed by atoms with Crippen LogP contribution in [0.3, 0.4) is 0 Å². The van der Waals surface area contributed by atoms with Crippen molar-refractivity contribution in [3.8, 4) is 5.75 Å². The van der Waals surface area contributed by atoms with Gasteiger partial charge in [0.1, 0.15) is 30.2 Å². The Balaban J connectivity index is 1.85. The van der Waals surface area contributed by atoms with E-state index in [0.717, 1.165) is 16.9 Å². The second kappa shape index (κ2) is 8.39. The molecule has 0 radical (unpaired) electrons. The molecule has 152 valence electrons. The lowest BCUT2D eigenvalue weighted by atomic mass is 9.85. The van der Waals surface area contributed by atoms with Crippen LogP contribution in [-0.4, -0.2) is 45.8 Å². The summed E-state index contributed by atoms with van der Waals surface area (Å²) in [5, 5.41) is 31.4. The first-order valence-corrected chi connectivity index (χ1v) is 9.83. The van der Waals surface area contributed by atoms with Crippen molar-refractivity contribution in [1.29, 1.82) is 0 Å². The molecule has 1 aliphatic rings. The van der Waals surface area contributed by atoms with Crippen molar-refractivity contribution in [1.82, 2.24) is 0 Å². The minimum atomic E-state index is -1.29. The summed E-state index contributed by atoms with van der Waals surface area (Å²) in [4.78, 5) is 0. The summed E-state index contributed by atoms with van der Waals surface area (Å²) in [5.74, 6) is 0.819. The summed E-state index contributed by atoms with van der Waals surface area (Å²) in [5.41, 5.74) is 1.68. The van der Waals surface area contributed by atoms with Gasteiger partial charge in [-0.05, 0) is 62.1 Å². The summed E-state index contributed by atoms with van der Waals surface area (Å²) in [7, 11) is 0. The molecule has 0 amide bonds. The predicted octanol–water partition coefficient (Wildman–Crippen LogP) is 3.26. The molecule has 4 atom stereocenters. The number of ether oxygens (including phenoxy) is 2. The predicted molar refractivity (Wildman–Crippen MR) is 108 cm³/mol. The monoisotopic (exact) mass is 406 g/mol. The van der Waals surface area contributed by atoms with E-state index in [2.05, 4.69) is 0 Å². The molecule has 0 bridgehead atoms. The minimum Gasteiger partial charge on any atom is -0.494 e. The van der Waals surface area contributed by atoms with Crippen molar-refractivity contribution in [2.24, 2.45) is 0 Å². The van der Waals surface area contributed by atoms with Crippen molar-refractivity contribution < 1.29 is 24.8 Å². The van der Waals surface area contributed by atoms with Gasteiger partial charge in [-0.2, -0.15) is 0 Å². The van der Waals surface area contributed by atoms with E-state index in [1.807, 2.05) is 37.3 Å². The van der Waals surface area contributed by atoms with Crippen LogP contribution in [0.4, 0.5) is 0 Å². The van der Waals surface area contributed by atoms with Gasteiger partial charge >= 0.3 is 0 Å². The van der Waals surface area contributed by atoms with Gasteiger partial charge in [0.25, 0.3) is 0 Å². The quantitative estimate of drug-likeness (QED) is 0.710. The molecule has 1 fully saturated rings. The van der Waals surface area contributed by atoms with E-state index in [-0.39, 0.29) is 0 Å². The van der Waals surface area contributed by atoms with Crippen LogP contribution in [-0.2, 0) is 11.2 Å². The van der Waals surface area contributed by atoms with Gasteiger partial charge in [-0.15, -0.1) is 0 Å². The van der Waals surface area contributed by atoms with Gasteiger partial charge in [0.05, 0.1) is 12.2 Å². The van der Waals surface area contributed by atoms with Crippen LogP contribution < -0.4 is 4.74 Å². The number of halogens is 1. The maximum atomic E-state index is 10.4. The molecule has 28 heavy (non-hydrogen) atoms. The molecule has 3 N–H and O–H groups in total. The summed E-state index contributed by atoms with van der Waals surface area (Å²) < 4.78 is 11.4. The van der Waals surface area contributed by atoms with Gasteiger partial charge in [0.15, 0.2) is 0 Å². The van der Waals surface area contributed by atoms with Crippen LogP contribution in [0.25, 0.3) is 0 Å². The maximum absolute atomic E-state index is 10.4. The minimum absolute atomic E-state index is 0.608. The zero-order valence-electron chi connectivity index (χ0n) is 16.3. The lowest BCUT2D eigenvalue weighted by molar-refractivity contribution is -0.259. The molecule has 6 heteroatoms. The summed E-state index contributed by atoms with van der Waals surface area (Å²) in [6.45, 7) is 5.94. The second-order valence-electron chi connectivity index (χ2n) is 7.67. The Hall–Kier alpha value is -1.63. The molecule has 2 aromatic carbocycles. The van der Waals surface area contributed by atoms with E-state index >= 15 is 0 Å². The Labute approximate surface area is 170 Å². The third-order valence-corrected chi connectivity index (χ3v) is 5.52. The fraction of sp³-hybridized carbons (Fsp3) is 0.455. The van der Waals surface area contributed by atoms with E-state index in [1.54, 1.807) is 26.0 Å². The van der Waals surface area contributed by atoms with Crippen molar-refractivity contribution in [3.05, 3.63) is 64.2 Å². The highest BCUT2D eigenvalue weighted by atomic mass is 35.5. The third kappa shape index (κ3) is 4.34. The Morgan fingerprint density at radius 1 is 1.04 bits per heavy atom. The molecule has 0 unspecified atom stereocenters. The van der Waals surface area contributed by atoms with Crippen LogP contribution in [0.5, 0.6) is 5.75 Å². The first-order valence-electron chi connectivity index (χ1n) is 9.45. The molecule has 2 aromatic rings. The first-order chi connectivity index (χ1) is 13.2. The van der Waals surface area contributed by atoms with E-state index in [9.17, 15) is 15.3 Å². The molecule has 0 spiro atoms. The maximum Gasteiger partial charge on any atom is 0.119 e. The standard InChI is InChI=1S/C22H27ClO5/c1-4-27-16-8-5-13(6-9-16)11-15-12-14(7-10-17(15)23)20-18(24)19(25)21(26)22(2,3)28-20/h5-10,12,18-21,24-26H,4,11H2,1-3H3/t18-,19-,20+,21-/m1/s1. The fourth-order valence-corrected chi connectivity index (χ4v) is 3.69. The van der Waals surface area contributed by atoms with Crippen LogP contribution in [0.1, 0.15) is 43.6 Å². The zero-order valence-corrected chi connectivity index (χ0v) is 17.1. The summed E-state index contributed by atoms with van der Waals surface area (Å²) >= 11 is 6.39. The van der Waals surface area contributed by atoms with Crippen molar-refractivity contribution in [2.75, 3.05) is 6.61 Å². The van der Waals surface area contributed by atoms with Gasteiger partial charge in [0.2, 0.25) is 0 Å². The molecule has 3 rings (SSSR count). The average Bonchev–Trinajstić information content (AvgIpc) is 2.67. The number of hydrogen-bond donors (Lipinski definition) is 3. The van der Waals surface area contributed by atoms with E-state index in [4.69, 9.17) is 21.1 Å². The zero-order chi connectivity index (χ0) is 20.5. The number of benzene rings is 2. The number of hydrogen-bond acceptors (Lipinski definition) is 5. The fourth-order valence-electron chi connectivity index (χ4n) is 3.51. The van der Waals surface area contributed by atoms with Gasteiger partial charge in [0, 0.05) is 5.02 Å². The van der Waals surface area contributed by atoms with Crippen molar-refractivity contribution in [2.45, 2.75) is 57.2 Å². The van der Waals surface area contributed by atoms with Gasteiger partial charge in [-0.3, -0.25) is 0 Å². The van der Waals surface area contributed by atoms with Crippen molar-refractivity contribution in [3.63, 3.8) is 0 Å². The van der Waals surface area contributed by atoms with E-state index < -0.39 is 30.0 Å². The molecule has 0 aliphatic carbocycles. The number of aliphatic hydroxyl groups excluding tert-OH is 3. The molecule has 0 saturated carbocycles. The third-order valence-electron chi connectivity index (χ3n) is 5.15. The Kier molecular flexibility index (Phi) is 6.32. The first kappa shape index (κ1) is 21.1. The van der Waals surface area contributed by atoms with Crippen LogP contribution in [0, 0.1) is 0 Å². The van der Waals surface area contributed by atoms with E-state index in [0.29, 0.717) is 23.6 Å². The number of aliphatic hydroxyl groups is 3. The Morgan fingerprint density at radius 2 is 1.71 bits per heavy atom. The molecular weight excluding hydrogens is 380 g/mol. The highest BCUT2D eigenvalue weighted by molar-refractivity contribution is 6.31. The van der Waals surface area contributed by atoms with Gasteiger partial charge < -0.3 is 24.8 Å². The van der Waals surface area contributed by atoms with Crippen LogP contribution in [0.15, 0.2) is 42.5 Å². The lowest BCUT2D eigenvalue weighted by Gasteiger charge is -2.45. The average molecular weight is 407 g/mol. The molecule has 1 heterocycles. The lowest BCUT2D eigenvalue weighted by Crippen LogP contribution is -2.58. The largest absolute Gasteiger partial charge is 0.494 e. The molecule has 0 aromatic heterocycles.